The van der Waals surface area contributed by atoms with Crippen LogP contribution in [0, 0.1) is 0 Å². The Morgan fingerprint density at radius 3 is 1.33 bits per heavy atom. The predicted octanol–water partition coefficient (Wildman–Crippen LogP) is 3.91. The number of halogens is 2. The van der Waals surface area contributed by atoms with Gasteiger partial charge in [-0.05, 0) is 23.3 Å². The van der Waals surface area contributed by atoms with E-state index in [2.05, 4.69) is 31.9 Å². The van der Waals surface area contributed by atoms with Crippen LogP contribution in [0.5, 0.6) is 0 Å². The van der Waals surface area contributed by atoms with E-state index in [9.17, 15) is 0 Å². The number of hydrogen-bond donors (Lipinski definition) is 2. The van der Waals surface area contributed by atoms with Crippen LogP contribution in [-0.4, -0.2) is 0 Å². The van der Waals surface area contributed by atoms with Crippen LogP contribution in [0.25, 0.3) is 0 Å². The fourth-order valence-corrected chi connectivity index (χ4v) is 2.98. The van der Waals surface area contributed by atoms with E-state index >= 15 is 0 Å². The molecule has 2 aromatic rings. The molecule has 4 N–H and O–H groups in total. The number of rotatable bonds is 3. The number of hydrogen-bond acceptors (Lipinski definition) is 2. The van der Waals surface area contributed by atoms with Crippen LogP contribution in [0.1, 0.15) is 23.2 Å². The molecule has 0 bridgehead atoms. The van der Waals surface area contributed by atoms with Crippen molar-refractivity contribution >= 4 is 31.9 Å². The molecule has 0 aliphatic rings. The lowest BCUT2D eigenvalue weighted by atomic mass is 9.95. The van der Waals surface area contributed by atoms with E-state index in [1.807, 2.05) is 48.5 Å². The van der Waals surface area contributed by atoms with Gasteiger partial charge in [-0.15, -0.1) is 0 Å². The molecule has 0 heterocycles. The molecule has 2 atom stereocenters. The van der Waals surface area contributed by atoms with E-state index in [-0.39, 0.29) is 12.1 Å². The van der Waals surface area contributed by atoms with Gasteiger partial charge in [-0.2, -0.15) is 0 Å². The van der Waals surface area contributed by atoms with E-state index in [4.69, 9.17) is 11.5 Å². The molecule has 0 unspecified atom stereocenters. The van der Waals surface area contributed by atoms with Gasteiger partial charge in [-0.3, -0.25) is 0 Å². The average Bonchev–Trinajstić information content (AvgIpc) is 2.38. The lowest BCUT2D eigenvalue weighted by molar-refractivity contribution is 0.570. The Hall–Kier alpha value is -0.680. The third-order valence-corrected chi connectivity index (χ3v) is 4.36. The van der Waals surface area contributed by atoms with Crippen molar-refractivity contribution in [3.63, 3.8) is 0 Å². The zero-order valence-electron chi connectivity index (χ0n) is 9.68. The van der Waals surface area contributed by atoms with Crippen molar-refractivity contribution in [1.29, 1.82) is 0 Å². The fraction of sp³-hybridized carbons (Fsp3) is 0.143. The summed E-state index contributed by atoms with van der Waals surface area (Å²) in [4.78, 5) is 0. The second kappa shape index (κ2) is 5.97. The Bertz CT molecular complexity index is 493. The van der Waals surface area contributed by atoms with Gasteiger partial charge >= 0.3 is 0 Å². The van der Waals surface area contributed by atoms with Gasteiger partial charge in [0.15, 0.2) is 0 Å². The molecule has 0 spiro atoms. The fourth-order valence-electron chi connectivity index (χ4n) is 1.88. The highest BCUT2D eigenvalue weighted by atomic mass is 79.9. The summed E-state index contributed by atoms with van der Waals surface area (Å²) >= 11 is 7.02. The van der Waals surface area contributed by atoms with Crippen molar-refractivity contribution in [1.82, 2.24) is 0 Å². The molecule has 18 heavy (non-hydrogen) atoms. The first kappa shape index (κ1) is 13.7. The first-order valence-electron chi connectivity index (χ1n) is 5.61. The van der Waals surface area contributed by atoms with Gasteiger partial charge in [0.2, 0.25) is 0 Å². The summed E-state index contributed by atoms with van der Waals surface area (Å²) in [5.74, 6) is 0. The Balaban J connectivity index is 2.33. The summed E-state index contributed by atoms with van der Waals surface area (Å²) < 4.78 is 1.97. The summed E-state index contributed by atoms with van der Waals surface area (Å²) in [6.07, 6.45) is 0. The molecule has 0 amide bonds. The number of benzene rings is 2. The summed E-state index contributed by atoms with van der Waals surface area (Å²) in [6, 6.07) is 15.3. The van der Waals surface area contributed by atoms with Gasteiger partial charge in [0, 0.05) is 8.95 Å². The van der Waals surface area contributed by atoms with E-state index in [1.54, 1.807) is 0 Å². The molecule has 0 fully saturated rings. The van der Waals surface area contributed by atoms with Crippen LogP contribution in [0.3, 0.4) is 0 Å². The highest BCUT2D eigenvalue weighted by Crippen LogP contribution is 2.32. The third-order valence-electron chi connectivity index (χ3n) is 2.92. The smallest absolute Gasteiger partial charge is 0.0502 e. The van der Waals surface area contributed by atoms with Crippen molar-refractivity contribution in [2.45, 2.75) is 12.1 Å². The molecule has 0 aromatic heterocycles. The lowest BCUT2D eigenvalue weighted by Gasteiger charge is -2.22. The molecule has 2 rings (SSSR count). The molecular weight excluding hydrogens is 356 g/mol. The van der Waals surface area contributed by atoms with Gasteiger partial charge in [0.1, 0.15) is 0 Å². The maximum atomic E-state index is 6.26. The van der Waals surface area contributed by atoms with Gasteiger partial charge in [0.25, 0.3) is 0 Å². The van der Waals surface area contributed by atoms with Crippen LogP contribution < -0.4 is 11.5 Å². The Kier molecular flexibility index (Phi) is 4.56. The Labute approximate surface area is 124 Å². The minimum atomic E-state index is -0.251. The largest absolute Gasteiger partial charge is 0.322 e. The van der Waals surface area contributed by atoms with Gasteiger partial charge in [-0.1, -0.05) is 68.3 Å². The first-order chi connectivity index (χ1) is 8.61. The maximum Gasteiger partial charge on any atom is 0.0502 e. The van der Waals surface area contributed by atoms with Crippen molar-refractivity contribution < 1.29 is 0 Å². The second-order valence-electron chi connectivity index (χ2n) is 4.09. The zero-order valence-corrected chi connectivity index (χ0v) is 12.9. The number of nitrogens with two attached hydrogens (primary N) is 2. The molecule has 0 saturated heterocycles. The van der Waals surface area contributed by atoms with Gasteiger partial charge < -0.3 is 11.5 Å². The predicted molar refractivity (Wildman–Crippen MR) is 82.1 cm³/mol. The van der Waals surface area contributed by atoms with Gasteiger partial charge in [-0.25, -0.2) is 0 Å². The van der Waals surface area contributed by atoms with Crippen molar-refractivity contribution in [2.24, 2.45) is 11.5 Å². The summed E-state index contributed by atoms with van der Waals surface area (Å²) in [5, 5.41) is 0. The normalized spacial score (nSPS) is 14.2. The highest BCUT2D eigenvalue weighted by Gasteiger charge is 2.20. The first-order valence-corrected chi connectivity index (χ1v) is 7.20. The molecule has 0 saturated carbocycles. The molecule has 94 valence electrons. The topological polar surface area (TPSA) is 52.0 Å². The van der Waals surface area contributed by atoms with Gasteiger partial charge in [0.05, 0.1) is 12.1 Å². The summed E-state index contributed by atoms with van der Waals surface area (Å²) in [7, 11) is 0. The van der Waals surface area contributed by atoms with Crippen molar-refractivity contribution in [3.8, 4) is 0 Å². The standard InChI is InChI=1S/C14H14Br2N2/c15-11-7-3-1-5-9(11)13(17)14(18)10-6-2-4-8-12(10)16/h1-8,13-14H,17-18H2/t13-,14+. The summed E-state index contributed by atoms with van der Waals surface area (Å²) in [6.45, 7) is 0. The lowest BCUT2D eigenvalue weighted by Crippen LogP contribution is -2.27. The van der Waals surface area contributed by atoms with E-state index in [0.29, 0.717) is 0 Å². The van der Waals surface area contributed by atoms with Crippen molar-refractivity contribution in [3.05, 3.63) is 68.6 Å². The molecule has 2 nitrogen and oxygen atoms in total. The summed E-state index contributed by atoms with van der Waals surface area (Å²) in [5.41, 5.74) is 14.6. The molecule has 0 aliphatic heterocycles. The van der Waals surface area contributed by atoms with E-state index < -0.39 is 0 Å². The highest BCUT2D eigenvalue weighted by molar-refractivity contribution is 9.10. The molecule has 0 aliphatic carbocycles. The van der Waals surface area contributed by atoms with Crippen LogP contribution in [-0.2, 0) is 0 Å². The minimum Gasteiger partial charge on any atom is -0.322 e. The van der Waals surface area contributed by atoms with Crippen LogP contribution >= 0.6 is 31.9 Å². The Morgan fingerprint density at radius 2 is 1.00 bits per heavy atom. The van der Waals surface area contributed by atoms with Crippen molar-refractivity contribution in [2.75, 3.05) is 0 Å². The minimum absolute atomic E-state index is 0.251. The average molecular weight is 370 g/mol. The SMILES string of the molecule is N[C@H](c1ccccc1Br)[C@@H](N)c1ccccc1Br. The van der Waals surface area contributed by atoms with E-state index in [0.717, 1.165) is 20.1 Å². The zero-order chi connectivity index (χ0) is 13.1. The maximum absolute atomic E-state index is 6.26. The Morgan fingerprint density at radius 1 is 0.667 bits per heavy atom. The second-order valence-corrected chi connectivity index (χ2v) is 5.80. The van der Waals surface area contributed by atoms with E-state index in [1.165, 1.54) is 0 Å². The quantitative estimate of drug-likeness (QED) is 0.861. The molecule has 4 heteroatoms. The van der Waals surface area contributed by atoms with Crippen LogP contribution in [0.4, 0.5) is 0 Å². The molecule has 2 aromatic carbocycles. The third kappa shape index (κ3) is 2.83. The molecule has 0 radical (unpaired) electrons. The monoisotopic (exact) mass is 368 g/mol. The molecular formula is C14H14Br2N2. The van der Waals surface area contributed by atoms with Crippen LogP contribution in [0.15, 0.2) is 57.5 Å². The van der Waals surface area contributed by atoms with Crippen LogP contribution in [0.2, 0.25) is 0 Å².